The Morgan fingerprint density at radius 1 is 0.885 bits per heavy atom. The molecule has 0 saturated heterocycles. The lowest BCUT2D eigenvalue weighted by Gasteiger charge is -2.19. The van der Waals surface area contributed by atoms with E-state index in [0.717, 1.165) is 11.1 Å². The molecule has 0 atom stereocenters. The first-order chi connectivity index (χ1) is 12.5. The van der Waals surface area contributed by atoms with E-state index in [2.05, 4.69) is 4.98 Å². The lowest BCUT2D eigenvalue weighted by molar-refractivity contribution is 0.0371. The van der Waals surface area contributed by atoms with Crippen molar-refractivity contribution in [1.29, 1.82) is 0 Å². The number of aromatic amines is 1. The van der Waals surface area contributed by atoms with Crippen molar-refractivity contribution in [1.82, 2.24) is 4.98 Å². The standard InChI is InChI=1S/C22H21NO3/c1-14-19(16(3)24)15(2)23-20(14)22(25)26-21(17-10-6-4-7-11-17)18-12-8-5-9-13-18/h4-13,21,23H,1-3H3. The molecule has 0 aliphatic carbocycles. The smallest absolute Gasteiger partial charge is 0.355 e. The zero-order valence-corrected chi connectivity index (χ0v) is 15.1. The molecule has 3 rings (SSSR count). The third-order valence-corrected chi connectivity index (χ3v) is 4.42. The predicted molar refractivity (Wildman–Crippen MR) is 100 cm³/mol. The van der Waals surface area contributed by atoms with E-state index in [1.807, 2.05) is 60.7 Å². The molecule has 3 aromatic rings. The first-order valence-electron chi connectivity index (χ1n) is 8.50. The second-order valence-electron chi connectivity index (χ2n) is 6.29. The summed E-state index contributed by atoms with van der Waals surface area (Å²) in [5.41, 5.74) is 3.95. The summed E-state index contributed by atoms with van der Waals surface area (Å²) in [5.74, 6) is -0.547. The van der Waals surface area contributed by atoms with Crippen molar-refractivity contribution < 1.29 is 14.3 Å². The molecule has 0 unspecified atom stereocenters. The lowest BCUT2D eigenvalue weighted by Crippen LogP contribution is -2.14. The zero-order chi connectivity index (χ0) is 18.7. The molecule has 1 N–H and O–H groups in total. The van der Waals surface area contributed by atoms with Gasteiger partial charge >= 0.3 is 5.97 Å². The van der Waals surface area contributed by atoms with Gasteiger partial charge in [0.15, 0.2) is 11.9 Å². The number of hydrogen-bond donors (Lipinski definition) is 1. The molecule has 4 nitrogen and oxygen atoms in total. The van der Waals surface area contributed by atoms with Gasteiger partial charge in [-0.05, 0) is 37.5 Å². The summed E-state index contributed by atoms with van der Waals surface area (Å²) in [6, 6.07) is 19.2. The van der Waals surface area contributed by atoms with Crippen LogP contribution in [0, 0.1) is 13.8 Å². The Morgan fingerprint density at radius 2 is 1.38 bits per heavy atom. The van der Waals surface area contributed by atoms with Crippen LogP contribution in [-0.2, 0) is 4.74 Å². The highest BCUT2D eigenvalue weighted by Crippen LogP contribution is 2.28. The van der Waals surface area contributed by atoms with Gasteiger partial charge in [-0.2, -0.15) is 0 Å². The molecule has 2 aromatic carbocycles. The fraction of sp³-hybridized carbons (Fsp3) is 0.182. The first-order valence-corrected chi connectivity index (χ1v) is 8.50. The Labute approximate surface area is 152 Å². The molecule has 1 heterocycles. The Morgan fingerprint density at radius 3 is 1.81 bits per heavy atom. The fourth-order valence-electron chi connectivity index (χ4n) is 3.23. The highest BCUT2D eigenvalue weighted by molar-refractivity contribution is 6.01. The molecule has 0 aliphatic rings. The molecular weight excluding hydrogens is 326 g/mol. The van der Waals surface area contributed by atoms with Gasteiger partial charge in [0.25, 0.3) is 0 Å². The van der Waals surface area contributed by atoms with Crippen LogP contribution in [0.3, 0.4) is 0 Å². The van der Waals surface area contributed by atoms with E-state index >= 15 is 0 Å². The number of rotatable bonds is 5. The molecule has 4 heteroatoms. The maximum atomic E-state index is 12.8. The number of carbonyl (C=O) groups excluding carboxylic acids is 2. The second-order valence-corrected chi connectivity index (χ2v) is 6.29. The molecule has 1 aromatic heterocycles. The van der Waals surface area contributed by atoms with Crippen molar-refractivity contribution in [2.24, 2.45) is 0 Å². The van der Waals surface area contributed by atoms with Crippen LogP contribution in [0.25, 0.3) is 0 Å². The highest BCUT2D eigenvalue weighted by Gasteiger charge is 2.25. The van der Waals surface area contributed by atoms with Gasteiger partial charge < -0.3 is 9.72 Å². The molecule has 0 aliphatic heterocycles. The summed E-state index contributed by atoms with van der Waals surface area (Å²) in [5, 5.41) is 0. The van der Waals surface area contributed by atoms with E-state index in [0.29, 0.717) is 22.5 Å². The summed E-state index contributed by atoms with van der Waals surface area (Å²) < 4.78 is 5.86. The van der Waals surface area contributed by atoms with Gasteiger partial charge in [0.05, 0.1) is 0 Å². The molecule has 0 saturated carbocycles. The van der Waals surface area contributed by atoms with E-state index in [-0.39, 0.29) is 5.78 Å². The number of Topliss-reactive ketones (excluding diaryl/α,β-unsaturated/α-hetero) is 1. The van der Waals surface area contributed by atoms with Gasteiger partial charge in [0.1, 0.15) is 5.69 Å². The number of carbonyl (C=O) groups is 2. The Kier molecular flexibility index (Phi) is 5.03. The van der Waals surface area contributed by atoms with E-state index in [1.54, 1.807) is 13.8 Å². The van der Waals surface area contributed by atoms with Crippen LogP contribution in [0.1, 0.15) is 56.3 Å². The maximum Gasteiger partial charge on any atom is 0.355 e. The van der Waals surface area contributed by atoms with Gasteiger partial charge in [-0.3, -0.25) is 4.79 Å². The first kappa shape index (κ1) is 17.7. The third-order valence-electron chi connectivity index (χ3n) is 4.42. The van der Waals surface area contributed by atoms with E-state index < -0.39 is 12.1 Å². The number of aromatic nitrogens is 1. The van der Waals surface area contributed by atoms with Gasteiger partial charge in [-0.1, -0.05) is 60.7 Å². The summed E-state index contributed by atoms with van der Waals surface area (Å²) >= 11 is 0. The minimum absolute atomic E-state index is 0.0713. The molecule has 0 spiro atoms. The van der Waals surface area contributed by atoms with Crippen molar-refractivity contribution in [2.45, 2.75) is 26.9 Å². The van der Waals surface area contributed by atoms with Gasteiger partial charge in [-0.25, -0.2) is 4.79 Å². The van der Waals surface area contributed by atoms with Crippen molar-refractivity contribution in [3.05, 3.63) is 94.3 Å². The Bertz CT molecular complexity index is 887. The number of ether oxygens (including phenoxy) is 1. The van der Waals surface area contributed by atoms with Crippen LogP contribution in [-0.4, -0.2) is 16.7 Å². The monoisotopic (exact) mass is 347 g/mol. The van der Waals surface area contributed by atoms with Crippen LogP contribution >= 0.6 is 0 Å². The zero-order valence-electron chi connectivity index (χ0n) is 15.1. The summed E-state index contributed by atoms with van der Waals surface area (Å²) in [6.45, 7) is 5.04. The lowest BCUT2D eigenvalue weighted by atomic mass is 10.0. The van der Waals surface area contributed by atoms with Crippen LogP contribution in [0.5, 0.6) is 0 Å². The van der Waals surface area contributed by atoms with Crippen LogP contribution in [0.15, 0.2) is 60.7 Å². The number of benzene rings is 2. The number of H-pyrrole nitrogens is 1. The average molecular weight is 347 g/mol. The second kappa shape index (κ2) is 7.40. The quantitative estimate of drug-likeness (QED) is 0.534. The van der Waals surface area contributed by atoms with Gasteiger partial charge in [-0.15, -0.1) is 0 Å². The van der Waals surface area contributed by atoms with E-state index in [4.69, 9.17) is 4.74 Å². The number of esters is 1. The fourth-order valence-corrected chi connectivity index (χ4v) is 3.23. The summed E-state index contributed by atoms with van der Waals surface area (Å²) in [4.78, 5) is 27.7. The molecule has 132 valence electrons. The topological polar surface area (TPSA) is 59.2 Å². The number of aryl methyl sites for hydroxylation is 1. The minimum atomic E-state index is -0.520. The highest BCUT2D eigenvalue weighted by atomic mass is 16.5. The summed E-state index contributed by atoms with van der Waals surface area (Å²) in [7, 11) is 0. The van der Waals surface area contributed by atoms with Crippen molar-refractivity contribution in [3.8, 4) is 0 Å². The van der Waals surface area contributed by atoms with Crippen molar-refractivity contribution >= 4 is 11.8 Å². The largest absolute Gasteiger partial charge is 0.448 e. The van der Waals surface area contributed by atoms with Crippen LogP contribution < -0.4 is 0 Å². The number of hydrogen-bond acceptors (Lipinski definition) is 3. The van der Waals surface area contributed by atoms with E-state index in [1.165, 1.54) is 6.92 Å². The number of nitrogens with one attached hydrogen (secondary N) is 1. The van der Waals surface area contributed by atoms with Crippen molar-refractivity contribution in [3.63, 3.8) is 0 Å². The summed E-state index contributed by atoms with van der Waals surface area (Å²) in [6.07, 6.45) is -0.520. The average Bonchev–Trinajstić information content (AvgIpc) is 2.95. The molecule has 0 radical (unpaired) electrons. The molecule has 26 heavy (non-hydrogen) atoms. The minimum Gasteiger partial charge on any atom is -0.448 e. The van der Waals surface area contributed by atoms with Crippen molar-refractivity contribution in [2.75, 3.05) is 0 Å². The van der Waals surface area contributed by atoms with E-state index in [9.17, 15) is 9.59 Å². The normalized spacial score (nSPS) is 10.8. The predicted octanol–water partition coefficient (Wildman–Crippen LogP) is 4.78. The molecular formula is C22H21NO3. The molecule has 0 fully saturated rings. The Hall–Kier alpha value is -3.14. The van der Waals surface area contributed by atoms with Gasteiger partial charge in [0.2, 0.25) is 0 Å². The van der Waals surface area contributed by atoms with Crippen LogP contribution in [0.2, 0.25) is 0 Å². The number of ketones is 1. The Balaban J connectivity index is 1.97. The maximum absolute atomic E-state index is 12.8. The van der Waals surface area contributed by atoms with Crippen LogP contribution in [0.4, 0.5) is 0 Å². The molecule has 0 amide bonds. The molecule has 0 bridgehead atoms. The van der Waals surface area contributed by atoms with Gasteiger partial charge in [0, 0.05) is 11.3 Å². The SMILES string of the molecule is CC(=O)c1c(C)[nH]c(C(=O)OC(c2ccccc2)c2ccccc2)c1C. The third kappa shape index (κ3) is 3.45.